The third-order valence-corrected chi connectivity index (χ3v) is 3.45. The predicted octanol–water partition coefficient (Wildman–Crippen LogP) is 2.79. The number of fused-ring (bicyclic) bond motifs is 1. The number of nitriles is 1. The molecule has 1 atom stereocenters. The van der Waals surface area contributed by atoms with Gasteiger partial charge in [-0.05, 0) is 25.0 Å². The van der Waals surface area contributed by atoms with Gasteiger partial charge in [0.05, 0.1) is 6.07 Å². The van der Waals surface area contributed by atoms with Crippen LogP contribution >= 0.6 is 0 Å². The quantitative estimate of drug-likeness (QED) is 0.773. The first-order chi connectivity index (χ1) is 10.7. The number of aromatic amines is 1. The van der Waals surface area contributed by atoms with Crippen LogP contribution < -0.4 is 5.32 Å². The number of nitrogens with zero attached hydrogens (tertiary/aromatic N) is 2. The van der Waals surface area contributed by atoms with Gasteiger partial charge in [0, 0.05) is 23.2 Å². The maximum Gasteiger partial charge on any atom is 0.243 e. The van der Waals surface area contributed by atoms with Crippen LogP contribution in [0.5, 0.6) is 0 Å². The van der Waals surface area contributed by atoms with Crippen molar-refractivity contribution >= 4 is 22.6 Å². The van der Waals surface area contributed by atoms with Crippen molar-refractivity contribution in [1.29, 1.82) is 5.26 Å². The average molecular weight is 294 g/mol. The zero-order chi connectivity index (χ0) is 15.5. The Bertz CT molecular complexity index is 856. The van der Waals surface area contributed by atoms with Crippen LogP contribution in [0.2, 0.25) is 0 Å². The van der Waals surface area contributed by atoms with Crippen LogP contribution in [-0.4, -0.2) is 16.0 Å². The number of aromatic nitrogens is 2. The standard InChI is InChI=1S/C16H14N4O2/c1-10-6-15(20-22-10)19-16(21)11(8-17)7-12-9-18-14-5-3-2-4-13(12)14/h2-6,9,11,18H,7H2,1H3,(H,19,20,21)/t11-/m0/s1. The Labute approximate surface area is 126 Å². The molecule has 2 N–H and O–H groups in total. The van der Waals surface area contributed by atoms with Crippen LogP contribution in [0.1, 0.15) is 11.3 Å². The van der Waals surface area contributed by atoms with Crippen molar-refractivity contribution < 1.29 is 9.32 Å². The molecule has 3 rings (SSSR count). The van der Waals surface area contributed by atoms with E-state index in [1.165, 1.54) is 0 Å². The van der Waals surface area contributed by atoms with Crippen LogP contribution in [0, 0.1) is 24.2 Å². The topological polar surface area (TPSA) is 94.7 Å². The predicted molar refractivity (Wildman–Crippen MR) is 81.0 cm³/mol. The molecule has 0 radical (unpaired) electrons. The lowest BCUT2D eigenvalue weighted by atomic mass is 9.99. The number of para-hydroxylation sites is 1. The highest BCUT2D eigenvalue weighted by Gasteiger charge is 2.21. The summed E-state index contributed by atoms with van der Waals surface area (Å²) in [7, 11) is 0. The minimum absolute atomic E-state index is 0.321. The highest BCUT2D eigenvalue weighted by molar-refractivity contribution is 5.94. The van der Waals surface area contributed by atoms with Crippen LogP contribution in [0.15, 0.2) is 41.1 Å². The Morgan fingerprint density at radius 2 is 2.32 bits per heavy atom. The van der Waals surface area contributed by atoms with Gasteiger partial charge < -0.3 is 14.8 Å². The molecule has 110 valence electrons. The number of H-pyrrole nitrogens is 1. The number of aryl methyl sites for hydroxylation is 1. The molecule has 0 unspecified atom stereocenters. The lowest BCUT2D eigenvalue weighted by Gasteiger charge is -2.07. The Balaban J connectivity index is 1.77. The fraction of sp³-hybridized carbons (Fsp3) is 0.188. The number of nitrogens with one attached hydrogen (secondary N) is 2. The first-order valence-corrected chi connectivity index (χ1v) is 6.86. The molecule has 0 bridgehead atoms. The summed E-state index contributed by atoms with van der Waals surface area (Å²) in [5.41, 5.74) is 1.93. The summed E-state index contributed by atoms with van der Waals surface area (Å²) in [5.74, 6) is -0.264. The Kier molecular flexibility index (Phi) is 3.62. The van der Waals surface area contributed by atoms with E-state index in [-0.39, 0.29) is 5.91 Å². The molecule has 3 aromatic rings. The third kappa shape index (κ3) is 2.69. The highest BCUT2D eigenvalue weighted by Crippen LogP contribution is 2.21. The van der Waals surface area contributed by atoms with E-state index in [4.69, 9.17) is 4.52 Å². The van der Waals surface area contributed by atoms with Crippen molar-refractivity contribution in [3.05, 3.63) is 47.9 Å². The summed E-state index contributed by atoms with van der Waals surface area (Å²) in [6, 6.07) is 11.4. The molecular weight excluding hydrogens is 280 g/mol. The summed E-state index contributed by atoms with van der Waals surface area (Å²) >= 11 is 0. The number of hydrogen-bond acceptors (Lipinski definition) is 4. The molecule has 22 heavy (non-hydrogen) atoms. The lowest BCUT2D eigenvalue weighted by molar-refractivity contribution is -0.118. The Hall–Kier alpha value is -3.07. The molecule has 0 saturated heterocycles. The van der Waals surface area contributed by atoms with E-state index >= 15 is 0 Å². The van der Waals surface area contributed by atoms with Gasteiger partial charge in [-0.1, -0.05) is 23.4 Å². The van der Waals surface area contributed by atoms with Crippen molar-refractivity contribution in [3.63, 3.8) is 0 Å². The summed E-state index contributed by atoms with van der Waals surface area (Å²) in [6.07, 6.45) is 2.17. The molecule has 0 spiro atoms. The number of carbonyl (C=O) groups excluding carboxylic acids is 1. The maximum absolute atomic E-state index is 12.2. The second-order valence-corrected chi connectivity index (χ2v) is 5.06. The van der Waals surface area contributed by atoms with Crippen molar-refractivity contribution in [2.24, 2.45) is 5.92 Å². The smallest absolute Gasteiger partial charge is 0.243 e. The van der Waals surface area contributed by atoms with Gasteiger partial charge in [-0.25, -0.2) is 0 Å². The largest absolute Gasteiger partial charge is 0.361 e. The zero-order valence-corrected chi connectivity index (χ0v) is 12.0. The van der Waals surface area contributed by atoms with E-state index in [1.54, 1.807) is 13.0 Å². The molecule has 0 aliphatic heterocycles. The number of rotatable bonds is 4. The van der Waals surface area contributed by atoms with E-state index in [0.717, 1.165) is 16.5 Å². The van der Waals surface area contributed by atoms with Gasteiger partial charge in [-0.15, -0.1) is 0 Å². The van der Waals surface area contributed by atoms with E-state index < -0.39 is 5.92 Å². The van der Waals surface area contributed by atoms with Crippen molar-refractivity contribution in [2.45, 2.75) is 13.3 Å². The van der Waals surface area contributed by atoms with Crippen molar-refractivity contribution in [3.8, 4) is 6.07 Å². The van der Waals surface area contributed by atoms with Crippen molar-refractivity contribution in [1.82, 2.24) is 10.1 Å². The minimum atomic E-state index is -0.795. The zero-order valence-electron chi connectivity index (χ0n) is 12.0. The molecule has 1 amide bonds. The number of benzene rings is 1. The Morgan fingerprint density at radius 3 is 3.05 bits per heavy atom. The van der Waals surface area contributed by atoms with Gasteiger partial charge >= 0.3 is 0 Å². The molecule has 0 saturated carbocycles. The highest BCUT2D eigenvalue weighted by atomic mass is 16.5. The number of amides is 1. The molecule has 1 aromatic carbocycles. The SMILES string of the molecule is Cc1cc(NC(=O)[C@H](C#N)Cc2c[nH]c3ccccc23)no1. The molecule has 0 fully saturated rings. The van der Waals surface area contributed by atoms with Gasteiger partial charge in [-0.3, -0.25) is 4.79 Å². The second-order valence-electron chi connectivity index (χ2n) is 5.06. The Morgan fingerprint density at radius 1 is 1.50 bits per heavy atom. The normalized spacial score (nSPS) is 12.0. The summed E-state index contributed by atoms with van der Waals surface area (Å²) in [5, 5.41) is 16.6. The molecule has 2 heterocycles. The molecule has 0 aliphatic carbocycles. The second kappa shape index (κ2) is 5.74. The monoisotopic (exact) mass is 294 g/mol. The van der Waals surface area contributed by atoms with Crippen molar-refractivity contribution in [2.75, 3.05) is 5.32 Å². The first kappa shape index (κ1) is 13.9. The minimum Gasteiger partial charge on any atom is -0.361 e. The molecule has 0 aliphatic rings. The number of anilines is 1. The van der Waals surface area contributed by atoms with Gasteiger partial charge in [0.25, 0.3) is 0 Å². The summed E-state index contributed by atoms with van der Waals surface area (Å²) in [4.78, 5) is 15.3. The van der Waals surface area contributed by atoms with Gasteiger partial charge in [0.1, 0.15) is 11.7 Å². The number of hydrogen-bond donors (Lipinski definition) is 2. The van der Waals surface area contributed by atoms with Crippen LogP contribution in [-0.2, 0) is 11.2 Å². The molecule has 6 nitrogen and oxygen atoms in total. The van der Waals surface area contributed by atoms with Crippen LogP contribution in [0.4, 0.5) is 5.82 Å². The lowest BCUT2D eigenvalue weighted by Crippen LogP contribution is -2.23. The van der Waals surface area contributed by atoms with E-state index in [2.05, 4.69) is 15.5 Å². The van der Waals surface area contributed by atoms with E-state index in [9.17, 15) is 10.1 Å². The maximum atomic E-state index is 12.2. The fourth-order valence-corrected chi connectivity index (χ4v) is 2.36. The van der Waals surface area contributed by atoms with Crippen LogP contribution in [0.25, 0.3) is 10.9 Å². The first-order valence-electron chi connectivity index (χ1n) is 6.86. The van der Waals surface area contributed by atoms with Gasteiger partial charge in [0.15, 0.2) is 5.82 Å². The van der Waals surface area contributed by atoms with E-state index in [1.807, 2.05) is 36.5 Å². The van der Waals surface area contributed by atoms with Crippen LogP contribution in [0.3, 0.4) is 0 Å². The number of carbonyl (C=O) groups is 1. The summed E-state index contributed by atoms with van der Waals surface area (Å²) < 4.78 is 4.89. The van der Waals surface area contributed by atoms with Gasteiger partial charge in [-0.2, -0.15) is 5.26 Å². The van der Waals surface area contributed by atoms with Gasteiger partial charge in [0.2, 0.25) is 5.91 Å². The fourth-order valence-electron chi connectivity index (χ4n) is 2.36. The molecular formula is C16H14N4O2. The summed E-state index contributed by atoms with van der Waals surface area (Å²) in [6.45, 7) is 1.73. The average Bonchev–Trinajstić information content (AvgIpc) is 3.11. The third-order valence-electron chi connectivity index (χ3n) is 3.45. The molecule has 2 aromatic heterocycles. The molecule has 6 heteroatoms. The van der Waals surface area contributed by atoms with E-state index in [0.29, 0.717) is 18.0 Å².